The smallest absolute Gasteiger partial charge is 0.322 e. The molecule has 1 aromatic carbocycles. The maximum atomic E-state index is 13.2. The number of carboxylic acids is 1. The summed E-state index contributed by atoms with van der Waals surface area (Å²) in [6.07, 6.45) is 7.17. The fourth-order valence-corrected chi connectivity index (χ4v) is 12.1. The maximum absolute atomic E-state index is 13.2. The third kappa shape index (κ3) is 7.76. The van der Waals surface area contributed by atoms with E-state index in [2.05, 4.69) is 26.1 Å². The van der Waals surface area contributed by atoms with Crippen molar-refractivity contribution in [2.24, 2.45) is 11.8 Å². The Morgan fingerprint density at radius 3 is 2.14 bits per heavy atom. The molecule has 5 rings (SSSR count). The first kappa shape index (κ1) is 34.4. The van der Waals surface area contributed by atoms with Crippen LogP contribution in [0.3, 0.4) is 0 Å². The van der Waals surface area contributed by atoms with E-state index in [1.165, 1.54) is 10.4 Å². The van der Waals surface area contributed by atoms with Gasteiger partial charge in [-0.05, 0) is 77.7 Å². The Morgan fingerprint density at radius 2 is 1.57 bits per heavy atom. The Balaban J connectivity index is 1.06. The zero-order valence-electron chi connectivity index (χ0n) is 24.1. The number of carbonyl (C=O) groups is 1. The van der Waals surface area contributed by atoms with Crippen LogP contribution >= 0.6 is 50.5 Å². The third-order valence-electron chi connectivity index (χ3n) is 8.96. The average molecular weight is 773 g/mol. The van der Waals surface area contributed by atoms with Crippen LogP contribution < -0.4 is 10.2 Å². The first-order valence-electron chi connectivity index (χ1n) is 14.8. The quantitative estimate of drug-likeness (QED) is 0.331. The Morgan fingerprint density at radius 1 is 0.932 bits per heavy atom. The standard InChI is InChI=1S/C28H37BrCl2N4O6S3/c29-22-17-26(42-27(22)31)44(40,41)34-13-8-20(9-14-34)3-1-2-19-6-11-33(12-7-19)25-5-4-21(16-23(25)30)43(38,39)35-15-10-32-24(18-35)28(36)37/h4-5,16-17,19-20,24,32H,1-3,6-15,18H2,(H,36,37). The van der Waals surface area contributed by atoms with Crippen molar-refractivity contribution in [1.29, 1.82) is 0 Å². The van der Waals surface area contributed by atoms with Gasteiger partial charge in [-0.3, -0.25) is 4.79 Å². The number of benzene rings is 1. The van der Waals surface area contributed by atoms with Crippen molar-refractivity contribution in [1.82, 2.24) is 13.9 Å². The zero-order chi connectivity index (χ0) is 31.6. The number of anilines is 1. The van der Waals surface area contributed by atoms with Crippen molar-refractivity contribution >= 4 is 82.2 Å². The molecule has 16 heteroatoms. The summed E-state index contributed by atoms with van der Waals surface area (Å²) in [5.41, 5.74) is 0.812. The Hall–Kier alpha value is -0.970. The van der Waals surface area contributed by atoms with Crippen LogP contribution in [0.15, 0.2) is 37.8 Å². The molecular formula is C28H37BrCl2N4O6S3. The van der Waals surface area contributed by atoms with Crippen LogP contribution in [0.25, 0.3) is 0 Å². The number of piperazine rings is 1. The Labute approximate surface area is 281 Å². The van der Waals surface area contributed by atoms with Gasteiger partial charge in [0.1, 0.15) is 14.6 Å². The lowest BCUT2D eigenvalue weighted by Gasteiger charge is -2.35. The van der Waals surface area contributed by atoms with Crippen LogP contribution in [0.4, 0.5) is 5.69 Å². The molecule has 3 aliphatic heterocycles. The van der Waals surface area contributed by atoms with Crippen LogP contribution in [-0.2, 0) is 24.8 Å². The summed E-state index contributed by atoms with van der Waals surface area (Å²) in [5, 5.41) is 12.5. The number of sulfonamides is 2. The predicted octanol–water partition coefficient (Wildman–Crippen LogP) is 5.35. The number of carboxylic acid groups (broad SMARTS) is 1. The SMILES string of the molecule is O=C(O)C1CN(S(=O)(=O)c2ccc(N3CCC(CCCC4CCN(S(=O)(=O)c5cc(Br)c(Cl)s5)CC4)CC3)c(Cl)c2)CCN1. The molecule has 0 saturated carbocycles. The van der Waals surface area contributed by atoms with Gasteiger partial charge in [-0.2, -0.15) is 8.61 Å². The highest BCUT2D eigenvalue weighted by atomic mass is 79.9. The number of halogens is 3. The molecule has 1 atom stereocenters. The van der Waals surface area contributed by atoms with Crippen LogP contribution in [0, 0.1) is 11.8 Å². The number of nitrogens with zero attached hydrogens (tertiary/aromatic N) is 3. The summed E-state index contributed by atoms with van der Waals surface area (Å²) in [4.78, 5) is 13.6. The minimum atomic E-state index is -3.86. The molecule has 0 spiro atoms. The Bertz CT molecular complexity index is 1540. The largest absolute Gasteiger partial charge is 0.480 e. The number of rotatable bonds is 10. The maximum Gasteiger partial charge on any atom is 0.322 e. The first-order valence-corrected chi connectivity index (χ1v) is 20.1. The molecule has 0 amide bonds. The van der Waals surface area contributed by atoms with Crippen molar-refractivity contribution in [2.75, 3.05) is 50.7 Å². The van der Waals surface area contributed by atoms with E-state index in [4.69, 9.17) is 23.2 Å². The van der Waals surface area contributed by atoms with Crippen LogP contribution in [0.2, 0.25) is 9.36 Å². The molecule has 3 saturated heterocycles. The second-order valence-corrected chi connectivity index (χ2v) is 18.7. The number of hydrogen-bond donors (Lipinski definition) is 2. The normalized spacial score (nSPS) is 22.0. The lowest BCUT2D eigenvalue weighted by Crippen LogP contribution is -2.55. The highest BCUT2D eigenvalue weighted by Crippen LogP contribution is 2.38. The van der Waals surface area contributed by atoms with E-state index >= 15 is 0 Å². The number of hydrogen-bond acceptors (Lipinski definition) is 8. The summed E-state index contributed by atoms with van der Waals surface area (Å²) in [6.45, 7) is 3.10. The molecule has 1 aromatic heterocycles. The number of piperidine rings is 2. The first-order chi connectivity index (χ1) is 20.9. The van der Waals surface area contributed by atoms with Crippen LogP contribution in [0.1, 0.15) is 44.9 Å². The zero-order valence-corrected chi connectivity index (χ0v) is 29.7. The average Bonchev–Trinajstić information content (AvgIpc) is 3.36. The van der Waals surface area contributed by atoms with E-state index < -0.39 is 32.1 Å². The molecule has 3 fully saturated rings. The molecular weight excluding hydrogens is 735 g/mol. The van der Waals surface area contributed by atoms with Gasteiger partial charge in [0.15, 0.2) is 0 Å². The molecule has 0 bridgehead atoms. The molecule has 0 radical (unpaired) electrons. The van der Waals surface area contributed by atoms with Gasteiger partial charge in [0, 0.05) is 50.3 Å². The van der Waals surface area contributed by atoms with Crippen molar-refractivity contribution in [3.63, 3.8) is 0 Å². The Kier molecular flexibility index (Phi) is 11.3. The van der Waals surface area contributed by atoms with E-state index in [-0.39, 0.29) is 28.7 Å². The van der Waals surface area contributed by atoms with Gasteiger partial charge in [0.2, 0.25) is 10.0 Å². The number of nitrogens with one attached hydrogen (secondary N) is 1. The summed E-state index contributed by atoms with van der Waals surface area (Å²) < 4.78 is 56.5. The molecule has 244 valence electrons. The van der Waals surface area contributed by atoms with Gasteiger partial charge in [-0.25, -0.2) is 16.8 Å². The van der Waals surface area contributed by atoms with E-state index in [9.17, 15) is 26.7 Å². The van der Waals surface area contributed by atoms with Gasteiger partial charge in [-0.1, -0.05) is 42.5 Å². The lowest BCUT2D eigenvalue weighted by atomic mass is 9.87. The van der Waals surface area contributed by atoms with Crippen LogP contribution in [0.5, 0.6) is 0 Å². The second kappa shape index (κ2) is 14.4. The number of thiophene rings is 1. The topological polar surface area (TPSA) is 127 Å². The molecule has 2 aromatic rings. The molecule has 4 heterocycles. The van der Waals surface area contributed by atoms with Crippen LogP contribution in [-0.4, -0.2) is 88.4 Å². The highest BCUT2D eigenvalue weighted by Gasteiger charge is 2.34. The van der Waals surface area contributed by atoms with Gasteiger partial charge < -0.3 is 15.3 Å². The van der Waals surface area contributed by atoms with Crippen molar-refractivity contribution in [3.05, 3.63) is 38.1 Å². The van der Waals surface area contributed by atoms with E-state index in [1.807, 2.05) is 0 Å². The highest BCUT2D eigenvalue weighted by molar-refractivity contribution is 9.10. The minimum Gasteiger partial charge on any atom is -0.480 e. The van der Waals surface area contributed by atoms with E-state index in [0.29, 0.717) is 38.8 Å². The monoisotopic (exact) mass is 770 g/mol. The van der Waals surface area contributed by atoms with E-state index in [1.54, 1.807) is 22.5 Å². The summed E-state index contributed by atoms with van der Waals surface area (Å²) in [5.74, 6) is 0.0670. The van der Waals surface area contributed by atoms with Gasteiger partial charge >= 0.3 is 5.97 Å². The molecule has 0 aliphatic carbocycles. The minimum absolute atomic E-state index is 0.0691. The number of aliphatic carboxylic acids is 1. The molecule has 1 unspecified atom stereocenters. The molecule has 44 heavy (non-hydrogen) atoms. The molecule has 2 N–H and O–H groups in total. The van der Waals surface area contributed by atoms with Gasteiger partial charge in [0.25, 0.3) is 10.0 Å². The summed E-state index contributed by atoms with van der Waals surface area (Å²) >= 11 is 17.0. The van der Waals surface area contributed by atoms with Gasteiger partial charge in [0.05, 0.1) is 15.6 Å². The fraction of sp³-hybridized carbons (Fsp3) is 0.607. The predicted molar refractivity (Wildman–Crippen MR) is 177 cm³/mol. The van der Waals surface area contributed by atoms with Crippen molar-refractivity contribution in [2.45, 2.75) is 60.1 Å². The third-order valence-corrected chi connectivity index (χ3v) is 15.9. The summed E-state index contributed by atoms with van der Waals surface area (Å²) in [7, 11) is -7.37. The van der Waals surface area contributed by atoms with Crippen molar-refractivity contribution in [3.8, 4) is 0 Å². The fourth-order valence-electron chi connectivity index (χ4n) is 6.34. The molecule has 10 nitrogen and oxygen atoms in total. The lowest BCUT2D eigenvalue weighted by molar-refractivity contribution is -0.140. The van der Waals surface area contributed by atoms with Crippen molar-refractivity contribution < 1.29 is 26.7 Å². The van der Waals surface area contributed by atoms with Gasteiger partial charge in [-0.15, -0.1) is 11.3 Å². The van der Waals surface area contributed by atoms with E-state index in [0.717, 1.165) is 75.1 Å². The summed E-state index contributed by atoms with van der Waals surface area (Å²) in [6, 6.07) is 5.44. The molecule has 3 aliphatic rings. The second-order valence-electron chi connectivity index (χ2n) is 11.7.